The molecule has 1 saturated carbocycles. The SMILES string of the molecule is CC(C)(NC(=O)C1CCC1C(=O)O)c1cn(-c2ccccc2)nn1. The molecule has 0 saturated heterocycles. The van der Waals surface area contributed by atoms with E-state index in [1.165, 1.54) is 0 Å². The predicted octanol–water partition coefficient (Wildman–Crippen LogP) is 1.73. The van der Waals surface area contributed by atoms with Crippen molar-refractivity contribution in [1.82, 2.24) is 20.3 Å². The first-order chi connectivity index (χ1) is 11.4. The van der Waals surface area contributed by atoms with Gasteiger partial charge in [0.05, 0.1) is 29.3 Å². The Labute approximate surface area is 139 Å². The number of para-hydroxylation sites is 1. The number of rotatable bonds is 5. The number of carboxylic acid groups (broad SMARTS) is 1. The topological polar surface area (TPSA) is 97.1 Å². The lowest BCUT2D eigenvalue weighted by atomic mass is 9.73. The standard InChI is InChI=1S/C17H20N4O3/c1-17(2,18-15(22)12-8-9-13(12)16(23)24)14-10-21(20-19-14)11-6-4-3-5-7-11/h3-7,10,12-13H,8-9H2,1-2H3,(H,18,22)(H,23,24). The predicted molar refractivity (Wildman–Crippen MR) is 86.4 cm³/mol. The normalized spacial score (nSPS) is 20.2. The molecule has 2 N–H and O–H groups in total. The summed E-state index contributed by atoms with van der Waals surface area (Å²) in [6.45, 7) is 3.66. The van der Waals surface area contributed by atoms with Crippen molar-refractivity contribution in [2.75, 3.05) is 0 Å². The summed E-state index contributed by atoms with van der Waals surface area (Å²) in [7, 11) is 0. The van der Waals surface area contributed by atoms with Crippen LogP contribution in [0.15, 0.2) is 36.5 Å². The summed E-state index contributed by atoms with van der Waals surface area (Å²) >= 11 is 0. The highest BCUT2D eigenvalue weighted by atomic mass is 16.4. The van der Waals surface area contributed by atoms with Crippen molar-refractivity contribution in [3.05, 3.63) is 42.2 Å². The third-order valence-electron chi connectivity index (χ3n) is 4.52. The zero-order valence-electron chi connectivity index (χ0n) is 13.6. The maximum absolute atomic E-state index is 12.4. The average Bonchev–Trinajstić information content (AvgIpc) is 2.96. The van der Waals surface area contributed by atoms with E-state index >= 15 is 0 Å². The maximum atomic E-state index is 12.4. The van der Waals surface area contributed by atoms with Crippen molar-refractivity contribution in [1.29, 1.82) is 0 Å². The first-order valence-electron chi connectivity index (χ1n) is 7.91. The van der Waals surface area contributed by atoms with Gasteiger partial charge in [-0.15, -0.1) is 5.10 Å². The molecule has 1 fully saturated rings. The smallest absolute Gasteiger partial charge is 0.307 e. The van der Waals surface area contributed by atoms with Crippen LogP contribution >= 0.6 is 0 Å². The van der Waals surface area contributed by atoms with Gasteiger partial charge in [0.25, 0.3) is 0 Å². The molecule has 0 aliphatic heterocycles. The van der Waals surface area contributed by atoms with Gasteiger partial charge in [-0.3, -0.25) is 9.59 Å². The molecule has 3 rings (SSSR count). The Balaban J connectivity index is 1.73. The number of aliphatic carboxylic acids is 1. The molecule has 24 heavy (non-hydrogen) atoms. The fourth-order valence-electron chi connectivity index (χ4n) is 2.83. The molecule has 1 aromatic carbocycles. The third kappa shape index (κ3) is 3.02. The van der Waals surface area contributed by atoms with Gasteiger partial charge in [-0.1, -0.05) is 23.4 Å². The number of carboxylic acids is 1. The molecule has 0 radical (unpaired) electrons. The molecular weight excluding hydrogens is 308 g/mol. The van der Waals surface area contributed by atoms with E-state index < -0.39 is 23.3 Å². The van der Waals surface area contributed by atoms with Crippen molar-refractivity contribution >= 4 is 11.9 Å². The first-order valence-corrected chi connectivity index (χ1v) is 7.91. The fourth-order valence-corrected chi connectivity index (χ4v) is 2.83. The summed E-state index contributed by atoms with van der Waals surface area (Å²) in [6.07, 6.45) is 2.93. The maximum Gasteiger partial charge on any atom is 0.307 e. The molecule has 126 valence electrons. The van der Waals surface area contributed by atoms with Gasteiger partial charge in [0.2, 0.25) is 5.91 Å². The molecule has 2 aromatic rings. The van der Waals surface area contributed by atoms with Gasteiger partial charge in [-0.25, -0.2) is 4.68 Å². The van der Waals surface area contributed by atoms with Crippen LogP contribution in [0.1, 0.15) is 32.4 Å². The number of carbonyl (C=O) groups excluding carboxylic acids is 1. The summed E-state index contributed by atoms with van der Waals surface area (Å²) < 4.78 is 1.65. The van der Waals surface area contributed by atoms with E-state index in [4.69, 9.17) is 5.11 Å². The number of hydrogen-bond acceptors (Lipinski definition) is 4. The van der Waals surface area contributed by atoms with Crippen LogP contribution in [0.3, 0.4) is 0 Å². The van der Waals surface area contributed by atoms with Crippen LogP contribution in [0.2, 0.25) is 0 Å². The van der Waals surface area contributed by atoms with E-state index in [1.807, 2.05) is 44.2 Å². The average molecular weight is 328 g/mol. The summed E-state index contributed by atoms with van der Waals surface area (Å²) in [6, 6.07) is 9.56. The van der Waals surface area contributed by atoms with Crippen LogP contribution < -0.4 is 5.32 Å². The molecule has 2 atom stereocenters. The van der Waals surface area contributed by atoms with E-state index in [0.29, 0.717) is 18.5 Å². The lowest BCUT2D eigenvalue weighted by Gasteiger charge is -2.35. The van der Waals surface area contributed by atoms with Crippen LogP contribution in [0, 0.1) is 11.8 Å². The number of hydrogen-bond donors (Lipinski definition) is 2. The highest BCUT2D eigenvalue weighted by Gasteiger charge is 2.43. The molecule has 2 unspecified atom stereocenters. The number of carbonyl (C=O) groups is 2. The largest absolute Gasteiger partial charge is 0.481 e. The second-order valence-electron chi connectivity index (χ2n) is 6.63. The highest BCUT2D eigenvalue weighted by Crippen LogP contribution is 2.35. The number of amides is 1. The van der Waals surface area contributed by atoms with Gasteiger partial charge in [0.15, 0.2) is 0 Å². The summed E-state index contributed by atoms with van der Waals surface area (Å²) in [5.41, 5.74) is 0.761. The molecule has 0 spiro atoms. The Morgan fingerprint density at radius 3 is 2.46 bits per heavy atom. The molecule has 1 aliphatic carbocycles. The molecule has 1 aromatic heterocycles. The molecule has 1 heterocycles. The van der Waals surface area contributed by atoms with Gasteiger partial charge < -0.3 is 10.4 Å². The van der Waals surface area contributed by atoms with E-state index in [1.54, 1.807) is 10.9 Å². The Hall–Kier alpha value is -2.70. The van der Waals surface area contributed by atoms with Crippen LogP contribution in [0.4, 0.5) is 0 Å². The zero-order chi connectivity index (χ0) is 17.3. The zero-order valence-corrected chi connectivity index (χ0v) is 13.6. The van der Waals surface area contributed by atoms with Gasteiger partial charge in [0, 0.05) is 0 Å². The van der Waals surface area contributed by atoms with Crippen molar-refractivity contribution < 1.29 is 14.7 Å². The molecule has 1 aliphatic rings. The van der Waals surface area contributed by atoms with Crippen molar-refractivity contribution in [2.24, 2.45) is 11.8 Å². The number of benzene rings is 1. The van der Waals surface area contributed by atoms with Gasteiger partial charge in [-0.2, -0.15) is 0 Å². The van der Waals surface area contributed by atoms with E-state index in [2.05, 4.69) is 15.6 Å². The molecule has 7 heteroatoms. The molecule has 1 amide bonds. The Kier molecular flexibility index (Phi) is 4.09. The quantitative estimate of drug-likeness (QED) is 0.871. The molecule has 7 nitrogen and oxygen atoms in total. The fraction of sp³-hybridized carbons (Fsp3) is 0.412. The Morgan fingerprint density at radius 1 is 1.21 bits per heavy atom. The van der Waals surface area contributed by atoms with Crippen molar-refractivity contribution in [3.63, 3.8) is 0 Å². The first kappa shape index (κ1) is 16.2. The highest BCUT2D eigenvalue weighted by molar-refractivity contribution is 5.86. The van der Waals surface area contributed by atoms with E-state index in [-0.39, 0.29) is 5.91 Å². The third-order valence-corrected chi connectivity index (χ3v) is 4.52. The minimum atomic E-state index is -0.908. The van der Waals surface area contributed by atoms with Crippen LogP contribution in [-0.4, -0.2) is 32.0 Å². The summed E-state index contributed by atoms with van der Waals surface area (Å²) in [4.78, 5) is 23.5. The van der Waals surface area contributed by atoms with Gasteiger partial charge in [0.1, 0.15) is 5.69 Å². The van der Waals surface area contributed by atoms with Gasteiger partial charge in [-0.05, 0) is 38.8 Å². The number of nitrogens with one attached hydrogen (secondary N) is 1. The van der Waals surface area contributed by atoms with E-state index in [0.717, 1.165) is 5.69 Å². The Morgan fingerprint density at radius 2 is 1.88 bits per heavy atom. The second-order valence-corrected chi connectivity index (χ2v) is 6.63. The van der Waals surface area contributed by atoms with Crippen LogP contribution in [0.5, 0.6) is 0 Å². The van der Waals surface area contributed by atoms with Crippen LogP contribution in [-0.2, 0) is 15.1 Å². The molecular formula is C17H20N4O3. The second kappa shape index (κ2) is 6.07. The summed E-state index contributed by atoms with van der Waals surface area (Å²) in [5, 5.41) is 20.3. The van der Waals surface area contributed by atoms with Crippen molar-refractivity contribution in [3.8, 4) is 5.69 Å². The van der Waals surface area contributed by atoms with Crippen LogP contribution in [0.25, 0.3) is 5.69 Å². The number of aromatic nitrogens is 3. The summed E-state index contributed by atoms with van der Waals surface area (Å²) in [5.74, 6) is -2.20. The molecule has 0 bridgehead atoms. The number of nitrogens with zero attached hydrogens (tertiary/aromatic N) is 3. The van der Waals surface area contributed by atoms with Gasteiger partial charge >= 0.3 is 5.97 Å². The van der Waals surface area contributed by atoms with E-state index in [9.17, 15) is 9.59 Å². The lowest BCUT2D eigenvalue weighted by Crippen LogP contribution is -2.50. The lowest BCUT2D eigenvalue weighted by molar-refractivity contribution is -0.153. The minimum absolute atomic E-state index is 0.243. The van der Waals surface area contributed by atoms with Crippen molar-refractivity contribution in [2.45, 2.75) is 32.2 Å². The monoisotopic (exact) mass is 328 g/mol. The Bertz CT molecular complexity index is 754. The minimum Gasteiger partial charge on any atom is -0.481 e.